The lowest BCUT2D eigenvalue weighted by molar-refractivity contribution is -0.154. The van der Waals surface area contributed by atoms with Gasteiger partial charge in [0.1, 0.15) is 0 Å². The molecular weight excluding hydrogens is 422 g/mol. The number of pyridine rings is 2. The number of aromatic amines is 1. The van der Waals surface area contributed by atoms with E-state index in [1.807, 2.05) is 30.3 Å². The third-order valence-electron chi connectivity index (χ3n) is 5.38. The molecule has 9 nitrogen and oxygen atoms in total. The van der Waals surface area contributed by atoms with Crippen LogP contribution in [0.15, 0.2) is 53.5 Å². The molecule has 0 aliphatic carbocycles. The van der Waals surface area contributed by atoms with Crippen LogP contribution in [-0.2, 0) is 16.0 Å². The first kappa shape index (κ1) is 23.9. The number of hydrazine groups is 1. The lowest BCUT2D eigenvalue weighted by atomic mass is 10.0. The van der Waals surface area contributed by atoms with Gasteiger partial charge in [-0.15, -0.1) is 0 Å². The molecule has 0 unspecified atom stereocenters. The van der Waals surface area contributed by atoms with Crippen molar-refractivity contribution in [3.05, 3.63) is 70.3 Å². The van der Waals surface area contributed by atoms with E-state index in [0.717, 1.165) is 35.7 Å². The van der Waals surface area contributed by atoms with Gasteiger partial charge in [-0.3, -0.25) is 35.4 Å². The molecule has 0 aliphatic rings. The maximum Gasteiger partial charge on any atom is 0.250 e. The molecule has 1 aromatic carbocycles. The highest BCUT2D eigenvalue weighted by Gasteiger charge is 2.20. The number of para-hydroxylation sites is 1. The highest BCUT2D eigenvalue weighted by Crippen LogP contribution is 2.19. The van der Waals surface area contributed by atoms with E-state index >= 15 is 0 Å². The molecular formula is C24H29N5O4. The second-order valence-corrected chi connectivity index (χ2v) is 7.96. The molecule has 4 N–H and O–H groups in total. The smallest absolute Gasteiger partial charge is 0.250 e. The largest absolute Gasteiger partial charge is 0.326 e. The molecule has 1 atom stereocenters. The van der Waals surface area contributed by atoms with Crippen LogP contribution in [0.5, 0.6) is 0 Å². The predicted molar refractivity (Wildman–Crippen MR) is 126 cm³/mol. The van der Waals surface area contributed by atoms with Crippen molar-refractivity contribution in [1.29, 1.82) is 0 Å². The Hall–Kier alpha value is -3.72. The number of hydrogen-bond donors (Lipinski definition) is 4. The fraction of sp³-hybridized carbons (Fsp3) is 0.333. The van der Waals surface area contributed by atoms with E-state index in [-0.39, 0.29) is 24.4 Å². The van der Waals surface area contributed by atoms with Crippen LogP contribution < -0.4 is 16.4 Å². The third kappa shape index (κ3) is 6.88. The van der Waals surface area contributed by atoms with Crippen LogP contribution in [0.1, 0.15) is 43.9 Å². The number of anilines is 1. The molecule has 174 valence electrons. The summed E-state index contributed by atoms with van der Waals surface area (Å²) in [6, 6.07) is 12.8. The van der Waals surface area contributed by atoms with Crippen molar-refractivity contribution in [3.63, 3.8) is 0 Å². The van der Waals surface area contributed by atoms with Crippen molar-refractivity contribution in [2.24, 2.45) is 5.92 Å². The topological polar surface area (TPSA) is 127 Å². The number of nitrogens with zero attached hydrogens (tertiary/aromatic N) is 2. The van der Waals surface area contributed by atoms with Crippen molar-refractivity contribution in [1.82, 2.24) is 20.5 Å². The molecule has 2 heterocycles. The minimum Gasteiger partial charge on any atom is -0.326 e. The quantitative estimate of drug-likeness (QED) is 0.145. The van der Waals surface area contributed by atoms with Gasteiger partial charge in [-0.2, -0.15) is 0 Å². The van der Waals surface area contributed by atoms with E-state index in [1.165, 1.54) is 6.07 Å². The van der Waals surface area contributed by atoms with Gasteiger partial charge in [-0.05, 0) is 24.1 Å². The first-order valence-corrected chi connectivity index (χ1v) is 11.0. The van der Waals surface area contributed by atoms with E-state index in [9.17, 15) is 19.6 Å². The molecule has 2 amide bonds. The molecule has 0 fully saturated rings. The number of hydroxylamine groups is 2. The SMILES string of the molecule is CCCCC[C@H](CN(O)C=O)C(=O)NNc1cc(Cc2cccc3cccnc23)[nH]c(=O)c1. The van der Waals surface area contributed by atoms with E-state index in [0.29, 0.717) is 29.3 Å². The second-order valence-electron chi connectivity index (χ2n) is 7.96. The highest BCUT2D eigenvalue weighted by molar-refractivity contribution is 5.82. The zero-order chi connectivity index (χ0) is 23.6. The Bertz CT molecular complexity index is 1140. The van der Waals surface area contributed by atoms with Crippen LogP contribution in [0.2, 0.25) is 0 Å². The second kappa shape index (κ2) is 11.8. The summed E-state index contributed by atoms with van der Waals surface area (Å²) < 4.78 is 0. The summed E-state index contributed by atoms with van der Waals surface area (Å²) in [6.45, 7) is 1.95. The van der Waals surface area contributed by atoms with E-state index in [2.05, 4.69) is 27.7 Å². The van der Waals surface area contributed by atoms with Crippen LogP contribution in [0.3, 0.4) is 0 Å². The number of hydrogen-bond acceptors (Lipinski definition) is 6. The summed E-state index contributed by atoms with van der Waals surface area (Å²) in [5.74, 6) is -0.949. The van der Waals surface area contributed by atoms with E-state index in [4.69, 9.17) is 0 Å². The molecule has 0 saturated carbocycles. The molecule has 9 heteroatoms. The molecule has 0 saturated heterocycles. The van der Waals surface area contributed by atoms with E-state index in [1.54, 1.807) is 12.3 Å². The van der Waals surface area contributed by atoms with Crippen molar-refractivity contribution in [2.45, 2.75) is 39.0 Å². The zero-order valence-electron chi connectivity index (χ0n) is 18.6. The molecule has 3 rings (SSSR count). The Balaban J connectivity index is 1.70. The van der Waals surface area contributed by atoms with Crippen molar-refractivity contribution in [3.8, 4) is 0 Å². The first-order chi connectivity index (χ1) is 16.0. The van der Waals surface area contributed by atoms with Crippen LogP contribution in [-0.4, -0.2) is 39.1 Å². The maximum absolute atomic E-state index is 12.6. The van der Waals surface area contributed by atoms with Crippen molar-refractivity contribution in [2.75, 3.05) is 12.0 Å². The number of aromatic nitrogens is 2. The van der Waals surface area contributed by atoms with Crippen molar-refractivity contribution >= 4 is 28.9 Å². The summed E-state index contributed by atoms with van der Waals surface area (Å²) in [7, 11) is 0. The van der Waals surface area contributed by atoms with Gasteiger partial charge in [0.05, 0.1) is 23.7 Å². The molecule has 3 aromatic rings. The number of rotatable bonds is 12. The molecule has 0 bridgehead atoms. The van der Waals surface area contributed by atoms with Gasteiger partial charge in [0.25, 0.3) is 0 Å². The Labute approximate surface area is 191 Å². The Kier molecular flexibility index (Phi) is 8.54. The van der Waals surface area contributed by atoms with Gasteiger partial charge >= 0.3 is 0 Å². The number of unbranched alkanes of at least 4 members (excludes halogenated alkanes) is 2. The zero-order valence-corrected chi connectivity index (χ0v) is 18.6. The van der Waals surface area contributed by atoms with Crippen LogP contribution in [0.25, 0.3) is 10.9 Å². The Morgan fingerprint density at radius 2 is 2.06 bits per heavy atom. The number of benzene rings is 1. The number of nitrogens with one attached hydrogen (secondary N) is 3. The third-order valence-corrected chi connectivity index (χ3v) is 5.38. The standard InChI is InChI=1S/C24H29N5O4/c1-2-3-4-7-19(15-29(33)16-30)24(32)28-27-21-13-20(26-22(31)14-21)12-18-9-5-8-17-10-6-11-25-23(17)18/h5-6,8-11,13-14,16,19,33H,2-4,7,12,15H2,1H3,(H,28,32)(H2,26,27,31)/t19-/m1/s1. The Morgan fingerprint density at radius 1 is 1.24 bits per heavy atom. The summed E-state index contributed by atoms with van der Waals surface area (Å²) >= 11 is 0. The summed E-state index contributed by atoms with van der Waals surface area (Å²) in [4.78, 5) is 42.9. The first-order valence-electron chi connectivity index (χ1n) is 11.0. The summed E-state index contributed by atoms with van der Waals surface area (Å²) in [5.41, 5.74) is 8.01. The molecule has 0 radical (unpaired) electrons. The normalized spacial score (nSPS) is 11.7. The van der Waals surface area contributed by atoms with Gasteiger partial charge in [-0.1, -0.05) is 50.5 Å². The van der Waals surface area contributed by atoms with Gasteiger partial charge < -0.3 is 4.98 Å². The average Bonchev–Trinajstić information content (AvgIpc) is 2.82. The highest BCUT2D eigenvalue weighted by atomic mass is 16.5. The molecule has 0 spiro atoms. The van der Waals surface area contributed by atoms with Gasteiger partial charge in [0.15, 0.2) is 0 Å². The monoisotopic (exact) mass is 451 g/mol. The molecule has 33 heavy (non-hydrogen) atoms. The number of H-pyrrole nitrogens is 1. The number of amides is 2. The Morgan fingerprint density at radius 3 is 2.85 bits per heavy atom. The van der Waals surface area contributed by atoms with Crippen molar-refractivity contribution < 1.29 is 14.8 Å². The summed E-state index contributed by atoms with van der Waals surface area (Å²) in [5, 5.41) is 11.0. The van der Waals surface area contributed by atoms with Crippen LogP contribution in [0, 0.1) is 5.92 Å². The predicted octanol–water partition coefficient (Wildman–Crippen LogP) is 3.00. The average molecular weight is 452 g/mol. The fourth-order valence-electron chi connectivity index (χ4n) is 3.73. The van der Waals surface area contributed by atoms with Crippen LogP contribution >= 0.6 is 0 Å². The lowest BCUT2D eigenvalue weighted by Crippen LogP contribution is -2.40. The fourth-order valence-corrected chi connectivity index (χ4v) is 3.73. The van der Waals surface area contributed by atoms with Gasteiger partial charge in [0, 0.05) is 29.8 Å². The minimum absolute atomic E-state index is 0.102. The van der Waals surface area contributed by atoms with Gasteiger partial charge in [-0.25, -0.2) is 5.06 Å². The molecule has 2 aromatic heterocycles. The number of fused-ring (bicyclic) bond motifs is 1. The number of carbonyl (C=O) groups excluding carboxylic acids is 2. The van der Waals surface area contributed by atoms with E-state index < -0.39 is 5.92 Å². The number of carbonyl (C=O) groups is 2. The molecule has 0 aliphatic heterocycles. The summed E-state index contributed by atoms with van der Waals surface area (Å²) in [6.07, 6.45) is 5.74. The maximum atomic E-state index is 12.6. The van der Waals surface area contributed by atoms with Gasteiger partial charge in [0.2, 0.25) is 17.9 Å². The minimum atomic E-state index is -0.581. The van der Waals surface area contributed by atoms with Crippen LogP contribution in [0.4, 0.5) is 5.69 Å². The lowest BCUT2D eigenvalue weighted by Gasteiger charge is -2.20.